The van der Waals surface area contributed by atoms with Gasteiger partial charge >= 0.3 is 0 Å². The molecule has 1 aliphatic heterocycles. The zero-order chi connectivity index (χ0) is 17.8. The number of nitrogens with one attached hydrogen (secondary N) is 3. The zero-order valence-corrected chi connectivity index (χ0v) is 15.5. The Morgan fingerprint density at radius 3 is 2.65 bits per heavy atom. The second-order valence-electron chi connectivity index (χ2n) is 5.83. The molecule has 0 saturated carbocycles. The quantitative estimate of drug-likeness (QED) is 0.592. The maximum Gasteiger partial charge on any atom is 0.272 e. The molecule has 2 aromatic rings. The Kier molecular flexibility index (Phi) is 6.84. The van der Waals surface area contributed by atoms with E-state index in [1.165, 1.54) is 0 Å². The van der Waals surface area contributed by atoms with Crippen molar-refractivity contribution in [3.8, 4) is 11.5 Å². The fourth-order valence-corrected chi connectivity index (χ4v) is 2.83. The molecule has 1 aromatic carbocycles. The summed E-state index contributed by atoms with van der Waals surface area (Å²) in [5, 5.41) is 23.3. The highest BCUT2D eigenvalue weighted by molar-refractivity contribution is 5.94. The molecule has 0 radical (unpaired) electrons. The summed E-state index contributed by atoms with van der Waals surface area (Å²) < 4.78 is 10.4. The number of methoxy groups -OCH3 is 2. The largest absolute Gasteiger partial charge is 0.497 e. The van der Waals surface area contributed by atoms with Crippen LogP contribution in [-0.4, -0.2) is 48.5 Å². The average molecular weight is 383 g/mol. The number of nitrogens with zero attached hydrogens (tertiary/aromatic N) is 1. The van der Waals surface area contributed by atoms with Crippen LogP contribution in [0.15, 0.2) is 18.2 Å². The standard InChI is InChI=1S/C17H22N4O4.ClH/c1-24-11-5-10(6-12(7-11)25-2)15(22)9-19-17(23)16-13-8-18-4-3-14(13)20-21-16;/h5-7,15,18,22H,3-4,8-9H2,1-2H3,(H,19,23)(H,20,21);1H. The van der Waals surface area contributed by atoms with Gasteiger partial charge in [-0.15, -0.1) is 12.4 Å². The number of benzene rings is 1. The van der Waals surface area contributed by atoms with Crippen molar-refractivity contribution in [1.82, 2.24) is 20.8 Å². The number of hydrogen-bond donors (Lipinski definition) is 4. The van der Waals surface area contributed by atoms with Gasteiger partial charge in [0.15, 0.2) is 5.69 Å². The highest BCUT2D eigenvalue weighted by atomic mass is 35.5. The number of ether oxygens (including phenoxy) is 2. The van der Waals surface area contributed by atoms with E-state index in [9.17, 15) is 9.90 Å². The van der Waals surface area contributed by atoms with E-state index in [0.717, 1.165) is 24.2 Å². The lowest BCUT2D eigenvalue weighted by atomic mass is 10.1. The van der Waals surface area contributed by atoms with Crippen molar-refractivity contribution in [2.24, 2.45) is 0 Å². The minimum absolute atomic E-state index is 0. The first-order valence-electron chi connectivity index (χ1n) is 8.08. The summed E-state index contributed by atoms with van der Waals surface area (Å²) >= 11 is 0. The predicted molar refractivity (Wildman–Crippen MR) is 98.1 cm³/mol. The lowest BCUT2D eigenvalue weighted by Crippen LogP contribution is -2.31. The second-order valence-corrected chi connectivity index (χ2v) is 5.83. The van der Waals surface area contributed by atoms with Crippen LogP contribution in [0.5, 0.6) is 11.5 Å². The van der Waals surface area contributed by atoms with E-state index in [2.05, 4.69) is 20.8 Å². The van der Waals surface area contributed by atoms with Gasteiger partial charge in [-0.3, -0.25) is 9.89 Å². The van der Waals surface area contributed by atoms with Gasteiger partial charge in [-0.2, -0.15) is 5.10 Å². The van der Waals surface area contributed by atoms with Gasteiger partial charge in [0.25, 0.3) is 5.91 Å². The van der Waals surface area contributed by atoms with Gasteiger partial charge in [-0.1, -0.05) is 0 Å². The molecule has 1 atom stereocenters. The Balaban J connectivity index is 0.00000243. The highest BCUT2D eigenvalue weighted by Gasteiger charge is 2.22. The van der Waals surface area contributed by atoms with Gasteiger partial charge in [-0.05, 0) is 17.7 Å². The van der Waals surface area contributed by atoms with E-state index in [-0.39, 0.29) is 24.9 Å². The number of amides is 1. The third-order valence-corrected chi connectivity index (χ3v) is 4.24. The molecule has 1 unspecified atom stereocenters. The molecule has 9 heteroatoms. The number of hydrogen-bond acceptors (Lipinski definition) is 6. The number of H-pyrrole nitrogens is 1. The van der Waals surface area contributed by atoms with Crippen molar-refractivity contribution in [1.29, 1.82) is 0 Å². The number of carbonyl (C=O) groups excluding carboxylic acids is 1. The predicted octanol–water partition coefficient (Wildman–Crippen LogP) is 0.958. The Morgan fingerprint density at radius 1 is 1.31 bits per heavy atom. The number of aromatic amines is 1. The molecule has 4 N–H and O–H groups in total. The molecule has 0 bridgehead atoms. The third kappa shape index (κ3) is 4.27. The molecular weight excluding hydrogens is 360 g/mol. The number of rotatable bonds is 6. The third-order valence-electron chi connectivity index (χ3n) is 4.24. The van der Waals surface area contributed by atoms with Crippen LogP contribution >= 0.6 is 12.4 Å². The molecule has 0 fully saturated rings. The summed E-state index contributed by atoms with van der Waals surface area (Å²) in [6.45, 7) is 1.54. The van der Waals surface area contributed by atoms with Crippen molar-refractivity contribution in [2.45, 2.75) is 19.1 Å². The van der Waals surface area contributed by atoms with Gasteiger partial charge in [0.1, 0.15) is 11.5 Å². The molecule has 1 aromatic heterocycles. The van der Waals surface area contributed by atoms with E-state index in [1.807, 2.05) is 0 Å². The summed E-state index contributed by atoms with van der Waals surface area (Å²) in [6, 6.07) is 5.14. The van der Waals surface area contributed by atoms with Crippen LogP contribution in [0.2, 0.25) is 0 Å². The van der Waals surface area contributed by atoms with Crippen LogP contribution in [-0.2, 0) is 13.0 Å². The van der Waals surface area contributed by atoms with Crippen molar-refractivity contribution >= 4 is 18.3 Å². The Bertz CT molecular complexity index is 743. The fourth-order valence-electron chi connectivity index (χ4n) is 2.83. The van der Waals surface area contributed by atoms with Crippen molar-refractivity contribution in [3.63, 3.8) is 0 Å². The highest BCUT2D eigenvalue weighted by Crippen LogP contribution is 2.26. The Morgan fingerprint density at radius 2 is 2.00 bits per heavy atom. The van der Waals surface area contributed by atoms with Crippen molar-refractivity contribution in [2.75, 3.05) is 27.3 Å². The smallest absolute Gasteiger partial charge is 0.272 e. The molecular formula is C17H23ClN4O4. The number of aromatic nitrogens is 2. The van der Waals surface area contributed by atoms with Gasteiger partial charge < -0.3 is 25.2 Å². The monoisotopic (exact) mass is 382 g/mol. The van der Waals surface area contributed by atoms with E-state index in [4.69, 9.17) is 9.47 Å². The molecule has 8 nitrogen and oxygen atoms in total. The van der Waals surface area contributed by atoms with Crippen LogP contribution in [0.3, 0.4) is 0 Å². The van der Waals surface area contributed by atoms with Gasteiger partial charge in [0, 0.05) is 43.4 Å². The number of aliphatic hydroxyl groups is 1. The Labute approximate surface area is 157 Å². The molecule has 3 rings (SSSR count). The van der Waals surface area contributed by atoms with Gasteiger partial charge in [0.05, 0.1) is 20.3 Å². The van der Waals surface area contributed by atoms with Crippen LogP contribution in [0.1, 0.15) is 33.4 Å². The summed E-state index contributed by atoms with van der Waals surface area (Å²) in [6.07, 6.45) is -0.0668. The molecule has 0 aliphatic carbocycles. The summed E-state index contributed by atoms with van der Waals surface area (Å²) in [5.41, 5.74) is 2.85. The van der Waals surface area contributed by atoms with Gasteiger partial charge in [-0.25, -0.2) is 0 Å². The molecule has 1 amide bonds. The SMILES string of the molecule is COc1cc(OC)cc(C(O)CNC(=O)c2n[nH]c3c2CNCC3)c1.Cl. The van der Waals surface area contributed by atoms with Gasteiger partial charge in [0.2, 0.25) is 0 Å². The molecule has 0 saturated heterocycles. The topological polar surface area (TPSA) is 108 Å². The minimum Gasteiger partial charge on any atom is -0.497 e. The van der Waals surface area contributed by atoms with Crippen molar-refractivity contribution in [3.05, 3.63) is 40.7 Å². The summed E-state index contributed by atoms with van der Waals surface area (Å²) in [4.78, 5) is 12.4. The first kappa shape index (κ1) is 20.0. The van der Waals surface area contributed by atoms with Crippen LogP contribution in [0.4, 0.5) is 0 Å². The second kappa shape index (κ2) is 8.88. The average Bonchev–Trinajstić information content (AvgIpc) is 3.09. The molecule has 142 valence electrons. The van der Waals surface area contributed by atoms with E-state index < -0.39 is 6.10 Å². The molecule has 26 heavy (non-hydrogen) atoms. The lowest BCUT2D eigenvalue weighted by molar-refractivity contribution is 0.0910. The maximum absolute atomic E-state index is 12.4. The van der Waals surface area contributed by atoms with Crippen LogP contribution in [0, 0.1) is 0 Å². The fraction of sp³-hybridized carbons (Fsp3) is 0.412. The Hall–Kier alpha value is -2.29. The molecule has 0 spiro atoms. The van der Waals surface area contributed by atoms with E-state index in [1.54, 1.807) is 32.4 Å². The summed E-state index contributed by atoms with van der Waals surface area (Å²) in [5.74, 6) is 0.842. The molecule has 1 aliphatic rings. The number of halogens is 1. The maximum atomic E-state index is 12.4. The van der Waals surface area contributed by atoms with Crippen molar-refractivity contribution < 1.29 is 19.4 Å². The van der Waals surface area contributed by atoms with E-state index >= 15 is 0 Å². The van der Waals surface area contributed by atoms with Crippen LogP contribution < -0.4 is 20.1 Å². The zero-order valence-electron chi connectivity index (χ0n) is 14.7. The first-order chi connectivity index (χ1) is 12.1. The first-order valence-corrected chi connectivity index (χ1v) is 8.08. The van der Waals surface area contributed by atoms with Crippen LogP contribution in [0.25, 0.3) is 0 Å². The molecule has 2 heterocycles. The lowest BCUT2D eigenvalue weighted by Gasteiger charge is -2.15. The number of fused-ring (bicyclic) bond motifs is 1. The summed E-state index contributed by atoms with van der Waals surface area (Å²) in [7, 11) is 3.09. The van der Waals surface area contributed by atoms with E-state index in [0.29, 0.717) is 29.3 Å². The number of carbonyl (C=O) groups is 1. The normalized spacial score (nSPS) is 14.0. The number of aliphatic hydroxyl groups excluding tert-OH is 1. The minimum atomic E-state index is -0.888.